The van der Waals surface area contributed by atoms with Gasteiger partial charge in [0.15, 0.2) is 0 Å². The van der Waals surface area contributed by atoms with Gasteiger partial charge in [0.2, 0.25) is 0 Å². The molecular weight excluding hydrogens is 144 g/mol. The third-order valence-corrected chi connectivity index (χ3v) is 1.03. The van der Waals surface area contributed by atoms with Gasteiger partial charge < -0.3 is 19.8 Å². The van der Waals surface area contributed by atoms with Crippen molar-refractivity contribution in [2.75, 3.05) is 0 Å². The maximum Gasteiger partial charge on any atom is 0.0545 e. The van der Waals surface area contributed by atoms with Crippen LogP contribution in [-0.4, -0.2) is 17.2 Å². The van der Waals surface area contributed by atoms with Crippen LogP contribution in [0, 0.1) is 0 Å². The first kappa shape index (κ1) is 8.29. The van der Waals surface area contributed by atoms with E-state index in [1.807, 2.05) is 0 Å². The highest BCUT2D eigenvalue weighted by Crippen LogP contribution is 1.96. The molecule has 5 heteroatoms. The minimum Gasteiger partial charge on any atom is -0.550 e. The van der Waals surface area contributed by atoms with Crippen LogP contribution in [0.1, 0.15) is 6.42 Å². The minimum atomic E-state index is -1.50. The lowest BCUT2D eigenvalue weighted by atomic mass is 10.3. The predicted octanol–water partition coefficient (Wildman–Crippen LogP) is -2.83. The number of carbonyl (C=O) groups is 2. The van der Waals surface area contributed by atoms with Crippen molar-refractivity contribution in [1.29, 1.82) is 0 Å². The van der Waals surface area contributed by atoms with Crippen molar-refractivity contribution in [1.82, 2.24) is 0 Å². The normalized spacial score (nSPS) is 12.6. The van der Waals surface area contributed by atoms with Gasteiger partial charge in [0, 0.05) is 17.6 Å². The van der Waals surface area contributed by atoms with Crippen LogP contribution in [0.4, 0.5) is 0 Å². The quantitative estimate of drug-likeness (QED) is 0.437. The number of rotatable bonds is 3. The lowest BCUT2D eigenvalue weighted by Gasteiger charge is -2.10. The number of carboxylic acids is 2. The molecule has 9 heavy (non-hydrogen) atoms. The highest BCUT2D eigenvalue weighted by molar-refractivity contribution is 7.81. The summed E-state index contributed by atoms with van der Waals surface area (Å²) in [7, 11) is 0. The molecule has 0 aromatic rings. The fourth-order valence-corrected chi connectivity index (χ4v) is 0.390. The van der Waals surface area contributed by atoms with Crippen molar-refractivity contribution in [3.63, 3.8) is 0 Å². The van der Waals surface area contributed by atoms with Gasteiger partial charge in [-0.1, -0.05) is 0 Å². The Hall–Kier alpha value is -0.710. The summed E-state index contributed by atoms with van der Waals surface area (Å²) in [4.78, 5) is 19.4. The average Bonchev–Trinajstić information content (AvgIpc) is 1.63. The van der Waals surface area contributed by atoms with Crippen molar-refractivity contribution in [3.05, 3.63) is 0 Å². The van der Waals surface area contributed by atoms with Gasteiger partial charge in [-0.3, -0.25) is 0 Å². The van der Waals surface area contributed by atoms with Crippen LogP contribution in [0.3, 0.4) is 0 Å². The van der Waals surface area contributed by atoms with E-state index >= 15 is 0 Å². The molecule has 0 aliphatic heterocycles. The van der Waals surface area contributed by atoms with E-state index in [0.717, 1.165) is 0 Å². The maximum absolute atomic E-state index is 9.76. The van der Waals surface area contributed by atoms with E-state index in [4.69, 9.17) is 0 Å². The lowest BCUT2D eigenvalue weighted by Crippen LogP contribution is -2.36. The Morgan fingerprint density at radius 3 is 2.00 bits per heavy atom. The Balaban J connectivity index is 3.63. The largest absolute Gasteiger partial charge is 0.550 e. The first-order chi connectivity index (χ1) is 4.04. The molecule has 0 spiro atoms. The number of carbonyl (C=O) groups excluding carboxylic acids is 2. The van der Waals surface area contributed by atoms with Gasteiger partial charge in [0.05, 0.1) is 5.97 Å². The molecule has 0 bridgehead atoms. The Morgan fingerprint density at radius 2 is 1.89 bits per heavy atom. The second-order valence-electron chi connectivity index (χ2n) is 1.41. The van der Waals surface area contributed by atoms with E-state index in [1.54, 1.807) is 0 Å². The molecule has 0 heterocycles. The van der Waals surface area contributed by atoms with Crippen LogP contribution in [-0.2, 0) is 9.59 Å². The topological polar surface area (TPSA) is 80.3 Å². The summed E-state index contributed by atoms with van der Waals surface area (Å²) in [6.45, 7) is 0. The first-order valence-electron chi connectivity index (χ1n) is 2.13. The lowest BCUT2D eigenvalue weighted by molar-refractivity contribution is -0.314. The highest BCUT2D eigenvalue weighted by atomic mass is 32.1. The molecule has 0 unspecified atom stereocenters. The monoisotopic (exact) mass is 148 g/mol. The molecule has 52 valence electrons. The van der Waals surface area contributed by atoms with Crippen molar-refractivity contribution < 1.29 is 19.8 Å². The van der Waals surface area contributed by atoms with E-state index in [2.05, 4.69) is 12.6 Å². The number of hydrogen-bond donors (Lipinski definition) is 1. The number of aliphatic carboxylic acids is 2. The molecule has 0 aliphatic rings. The zero-order chi connectivity index (χ0) is 7.44. The Kier molecular flexibility index (Phi) is 3.08. The molecule has 0 N–H and O–H groups in total. The third kappa shape index (κ3) is 3.84. The van der Waals surface area contributed by atoms with Crippen molar-refractivity contribution in [3.8, 4) is 0 Å². The highest BCUT2D eigenvalue weighted by Gasteiger charge is 2.02. The molecular formula is C4H4O4S-2. The van der Waals surface area contributed by atoms with E-state index in [9.17, 15) is 19.8 Å². The number of thiol groups is 1. The van der Waals surface area contributed by atoms with Crippen molar-refractivity contribution >= 4 is 24.6 Å². The van der Waals surface area contributed by atoms with Crippen LogP contribution < -0.4 is 10.2 Å². The van der Waals surface area contributed by atoms with Gasteiger partial charge in [0.1, 0.15) is 0 Å². The van der Waals surface area contributed by atoms with E-state index in [0.29, 0.717) is 0 Å². The molecule has 1 atom stereocenters. The fourth-order valence-electron chi connectivity index (χ4n) is 0.241. The minimum absolute atomic E-state index is 0.620. The smallest absolute Gasteiger partial charge is 0.0545 e. The first-order valence-corrected chi connectivity index (χ1v) is 2.64. The molecule has 0 fully saturated rings. The Labute approximate surface area is 56.9 Å². The van der Waals surface area contributed by atoms with Crippen LogP contribution in [0.15, 0.2) is 0 Å². The van der Waals surface area contributed by atoms with Crippen LogP contribution in [0.2, 0.25) is 0 Å². The zero-order valence-corrected chi connectivity index (χ0v) is 5.26. The van der Waals surface area contributed by atoms with Gasteiger partial charge >= 0.3 is 0 Å². The van der Waals surface area contributed by atoms with Gasteiger partial charge in [-0.25, -0.2) is 0 Å². The van der Waals surface area contributed by atoms with Crippen LogP contribution in [0.5, 0.6) is 0 Å². The average molecular weight is 148 g/mol. The van der Waals surface area contributed by atoms with Crippen molar-refractivity contribution in [2.45, 2.75) is 11.7 Å². The summed E-state index contributed by atoms with van der Waals surface area (Å²) in [5.41, 5.74) is 0. The fraction of sp³-hybridized carbons (Fsp3) is 0.500. The van der Waals surface area contributed by atoms with E-state index in [1.165, 1.54) is 0 Å². The summed E-state index contributed by atoms with van der Waals surface area (Å²) in [6.07, 6.45) is -0.620. The maximum atomic E-state index is 9.76. The zero-order valence-electron chi connectivity index (χ0n) is 4.36. The molecule has 0 saturated carbocycles. The third-order valence-electron chi connectivity index (χ3n) is 0.632. The van der Waals surface area contributed by atoms with Gasteiger partial charge in [0.25, 0.3) is 0 Å². The van der Waals surface area contributed by atoms with Crippen LogP contribution >= 0.6 is 12.6 Å². The SMILES string of the molecule is O=C([O-])C[C@@H](S)C(=O)[O-]. The molecule has 0 rings (SSSR count). The molecule has 0 amide bonds. The summed E-state index contributed by atoms with van der Waals surface area (Å²) in [5.74, 6) is -2.94. The second kappa shape index (κ2) is 3.34. The Morgan fingerprint density at radius 1 is 1.44 bits per heavy atom. The molecule has 0 saturated heterocycles. The molecule has 0 aromatic carbocycles. The summed E-state index contributed by atoms with van der Waals surface area (Å²) < 4.78 is 0. The molecule has 0 radical (unpaired) electrons. The predicted molar refractivity (Wildman–Crippen MR) is 27.4 cm³/mol. The van der Waals surface area contributed by atoms with Gasteiger partial charge in [-0.05, 0) is 0 Å². The van der Waals surface area contributed by atoms with Gasteiger partial charge in [-0.2, -0.15) is 12.6 Å². The second-order valence-corrected chi connectivity index (χ2v) is 2.03. The van der Waals surface area contributed by atoms with Crippen molar-refractivity contribution in [2.24, 2.45) is 0 Å². The summed E-state index contributed by atoms with van der Waals surface area (Å²) >= 11 is 3.38. The van der Waals surface area contributed by atoms with E-state index in [-0.39, 0.29) is 0 Å². The molecule has 0 aliphatic carbocycles. The summed E-state index contributed by atoms with van der Waals surface area (Å²) in [5, 5.41) is 18.2. The molecule has 0 aromatic heterocycles. The van der Waals surface area contributed by atoms with E-state index < -0.39 is 23.6 Å². The molecule has 4 nitrogen and oxygen atoms in total. The number of hydrogen-bond acceptors (Lipinski definition) is 5. The summed E-state index contributed by atoms with van der Waals surface area (Å²) in [6, 6.07) is 0. The Bertz CT molecular complexity index is 133. The standard InChI is InChI=1S/C4H6O4S/c5-3(6)1-2(9)4(7)8/h2,9H,1H2,(H,5,6)(H,7,8)/p-2/t2-/m1/s1. The number of carboxylic acid groups (broad SMARTS) is 2. The van der Waals surface area contributed by atoms with Gasteiger partial charge in [-0.15, -0.1) is 0 Å². The van der Waals surface area contributed by atoms with Crippen LogP contribution in [0.25, 0.3) is 0 Å².